The first kappa shape index (κ1) is 17.3. The molecule has 2 rings (SSSR count). The molecule has 8 nitrogen and oxygen atoms in total. The van der Waals surface area contributed by atoms with Crippen molar-refractivity contribution in [3.63, 3.8) is 0 Å². The van der Waals surface area contributed by atoms with Crippen molar-refractivity contribution in [1.29, 1.82) is 0 Å². The first-order chi connectivity index (χ1) is 10.2. The predicted octanol–water partition coefficient (Wildman–Crippen LogP) is -2.11. The fourth-order valence-electron chi connectivity index (χ4n) is 2.17. The Morgan fingerprint density at radius 1 is 1.00 bits per heavy atom. The Bertz CT molecular complexity index is 613. The number of hydrogen-bond donors (Lipinski definition) is 5. The van der Waals surface area contributed by atoms with E-state index in [1.807, 2.05) is 0 Å². The van der Waals surface area contributed by atoms with Gasteiger partial charge in [-0.2, -0.15) is 0 Å². The third kappa shape index (κ3) is 3.01. The van der Waals surface area contributed by atoms with Crippen LogP contribution in [-0.4, -0.2) is 70.1 Å². The summed E-state index contributed by atoms with van der Waals surface area (Å²) >= 11 is 0. The first-order valence-electron chi connectivity index (χ1n) is 6.52. The molecule has 1 aromatic carbocycles. The Balaban J connectivity index is 2.30. The third-order valence-corrected chi connectivity index (χ3v) is 5.41. The Morgan fingerprint density at radius 2 is 1.55 bits per heavy atom. The van der Waals surface area contributed by atoms with Gasteiger partial charge in [0.1, 0.15) is 24.4 Å². The maximum atomic E-state index is 12.3. The molecule has 124 valence electrons. The molecule has 0 bridgehead atoms. The molecule has 0 aromatic heterocycles. The van der Waals surface area contributed by atoms with E-state index in [0.717, 1.165) is 5.56 Å². The lowest BCUT2D eigenvalue weighted by atomic mass is 9.99. The van der Waals surface area contributed by atoms with Gasteiger partial charge in [0.15, 0.2) is 11.7 Å². The van der Waals surface area contributed by atoms with E-state index in [1.54, 1.807) is 6.92 Å². The van der Waals surface area contributed by atoms with E-state index in [-0.39, 0.29) is 4.90 Å². The molecule has 1 aliphatic rings. The van der Waals surface area contributed by atoms with Gasteiger partial charge < -0.3 is 30.3 Å². The minimum Gasteiger partial charge on any atom is -0.387 e. The van der Waals surface area contributed by atoms with E-state index in [4.69, 9.17) is 4.74 Å². The summed E-state index contributed by atoms with van der Waals surface area (Å²) < 4.78 is 29.4. The van der Waals surface area contributed by atoms with Crippen LogP contribution in [0.2, 0.25) is 0 Å². The van der Waals surface area contributed by atoms with Gasteiger partial charge in [-0.05, 0) is 19.1 Å². The largest absolute Gasteiger partial charge is 0.387 e. The van der Waals surface area contributed by atoms with E-state index < -0.39 is 46.0 Å². The van der Waals surface area contributed by atoms with Gasteiger partial charge in [-0.15, -0.1) is 0 Å². The number of rotatable bonds is 3. The highest BCUT2D eigenvalue weighted by Gasteiger charge is 2.49. The number of aliphatic hydroxyl groups is 5. The Labute approximate surface area is 127 Å². The molecule has 2 unspecified atom stereocenters. The van der Waals surface area contributed by atoms with E-state index in [0.29, 0.717) is 0 Å². The topological polar surface area (TPSA) is 145 Å². The van der Waals surface area contributed by atoms with Crippen molar-refractivity contribution in [1.82, 2.24) is 0 Å². The SMILES string of the molecule is Cc1ccc(S(=O)(=O)C(O)[C@H]2OC(O)[C@H](O)[C@@H](O)[C@H]2O)cc1. The van der Waals surface area contributed by atoms with Gasteiger partial charge in [-0.1, -0.05) is 17.7 Å². The van der Waals surface area contributed by atoms with Crippen LogP contribution in [0.25, 0.3) is 0 Å². The highest BCUT2D eigenvalue weighted by atomic mass is 32.2. The molecule has 5 N–H and O–H groups in total. The third-order valence-electron chi connectivity index (χ3n) is 3.57. The van der Waals surface area contributed by atoms with Gasteiger partial charge in [0, 0.05) is 0 Å². The van der Waals surface area contributed by atoms with Crippen molar-refractivity contribution in [2.24, 2.45) is 0 Å². The molecule has 0 radical (unpaired) electrons. The van der Waals surface area contributed by atoms with E-state index in [2.05, 4.69) is 0 Å². The minimum atomic E-state index is -4.29. The maximum absolute atomic E-state index is 12.3. The second kappa shape index (κ2) is 6.20. The minimum absolute atomic E-state index is 0.198. The summed E-state index contributed by atoms with van der Waals surface area (Å²) in [4.78, 5) is -0.198. The lowest BCUT2D eigenvalue weighted by Gasteiger charge is -2.39. The van der Waals surface area contributed by atoms with Gasteiger partial charge >= 0.3 is 0 Å². The lowest BCUT2D eigenvalue weighted by Crippen LogP contribution is -2.61. The van der Waals surface area contributed by atoms with Gasteiger partial charge in [0.05, 0.1) is 4.90 Å². The number of aliphatic hydroxyl groups excluding tert-OH is 5. The zero-order valence-electron chi connectivity index (χ0n) is 11.6. The molecule has 22 heavy (non-hydrogen) atoms. The monoisotopic (exact) mass is 334 g/mol. The van der Waals surface area contributed by atoms with Crippen molar-refractivity contribution in [2.75, 3.05) is 0 Å². The molecule has 1 fully saturated rings. The summed E-state index contributed by atoms with van der Waals surface area (Å²) in [7, 11) is -4.29. The van der Waals surface area contributed by atoms with E-state index >= 15 is 0 Å². The molecule has 9 heteroatoms. The molecule has 1 aromatic rings. The molecule has 0 aliphatic carbocycles. The Kier molecular flexibility index (Phi) is 4.87. The van der Waals surface area contributed by atoms with Crippen molar-refractivity contribution < 1.29 is 38.7 Å². The van der Waals surface area contributed by atoms with Crippen LogP contribution in [0.1, 0.15) is 5.56 Å². The van der Waals surface area contributed by atoms with Crippen molar-refractivity contribution in [3.05, 3.63) is 29.8 Å². The van der Waals surface area contributed by atoms with E-state index in [1.165, 1.54) is 24.3 Å². The Morgan fingerprint density at radius 3 is 2.09 bits per heavy atom. The molecule has 1 saturated heterocycles. The van der Waals surface area contributed by atoms with Crippen LogP contribution < -0.4 is 0 Å². The molecular weight excluding hydrogens is 316 g/mol. The number of hydrogen-bond acceptors (Lipinski definition) is 8. The summed E-state index contributed by atoms with van der Waals surface area (Å²) in [5.41, 5.74) is -1.40. The van der Waals surface area contributed by atoms with Gasteiger partial charge in [0.2, 0.25) is 9.84 Å². The molecular formula is C13H18O8S. The van der Waals surface area contributed by atoms with Gasteiger partial charge in [-0.3, -0.25) is 0 Å². The van der Waals surface area contributed by atoms with Crippen LogP contribution in [0.15, 0.2) is 29.2 Å². The van der Waals surface area contributed by atoms with Crippen LogP contribution in [-0.2, 0) is 14.6 Å². The molecule has 0 amide bonds. The highest BCUT2D eigenvalue weighted by molar-refractivity contribution is 7.92. The zero-order valence-corrected chi connectivity index (χ0v) is 12.5. The number of sulfone groups is 1. The van der Waals surface area contributed by atoms with Crippen LogP contribution in [0.3, 0.4) is 0 Å². The fraction of sp³-hybridized carbons (Fsp3) is 0.538. The second-order valence-electron chi connectivity index (χ2n) is 5.21. The average molecular weight is 334 g/mol. The molecule has 0 saturated carbocycles. The lowest BCUT2D eigenvalue weighted by molar-refractivity contribution is -0.290. The van der Waals surface area contributed by atoms with Crippen LogP contribution in [0, 0.1) is 6.92 Å². The zero-order chi connectivity index (χ0) is 16.7. The number of benzene rings is 1. The number of ether oxygens (including phenoxy) is 1. The molecule has 6 atom stereocenters. The smallest absolute Gasteiger partial charge is 0.207 e. The standard InChI is InChI=1S/C13H18O8S/c1-6-2-4-7(5-3-6)22(19,20)13(18)11-9(15)8(14)10(16)12(17)21-11/h2-5,8-18H,1H3/t8-,9+,10+,11-,12?,13?/m0/s1. The van der Waals surface area contributed by atoms with E-state index in [9.17, 15) is 34.0 Å². The molecule has 1 aliphatic heterocycles. The van der Waals surface area contributed by atoms with Crippen molar-refractivity contribution in [2.45, 2.75) is 48.0 Å². The summed E-state index contributed by atoms with van der Waals surface area (Å²) in [6.07, 6.45) is -9.27. The normalized spacial score (nSPS) is 34.4. The average Bonchev–Trinajstić information content (AvgIpc) is 2.48. The van der Waals surface area contributed by atoms with Crippen molar-refractivity contribution >= 4 is 9.84 Å². The summed E-state index contributed by atoms with van der Waals surface area (Å²) in [5.74, 6) is 0. The van der Waals surface area contributed by atoms with Crippen LogP contribution in [0.5, 0.6) is 0 Å². The maximum Gasteiger partial charge on any atom is 0.207 e. The summed E-state index contributed by atoms with van der Waals surface area (Å²) in [6.45, 7) is 1.76. The highest BCUT2D eigenvalue weighted by Crippen LogP contribution is 2.27. The summed E-state index contributed by atoms with van der Waals surface area (Å²) in [5, 5.41) is 48.1. The fourth-order valence-corrected chi connectivity index (χ4v) is 3.54. The molecule has 0 spiro atoms. The van der Waals surface area contributed by atoms with Gasteiger partial charge in [-0.25, -0.2) is 8.42 Å². The predicted molar refractivity (Wildman–Crippen MR) is 73.3 cm³/mol. The first-order valence-corrected chi connectivity index (χ1v) is 8.07. The van der Waals surface area contributed by atoms with Crippen LogP contribution in [0.4, 0.5) is 0 Å². The number of aryl methyl sites for hydroxylation is 1. The van der Waals surface area contributed by atoms with Crippen molar-refractivity contribution in [3.8, 4) is 0 Å². The second-order valence-corrected chi connectivity index (χ2v) is 7.26. The molecule has 1 heterocycles. The van der Waals surface area contributed by atoms with Crippen LogP contribution >= 0.6 is 0 Å². The van der Waals surface area contributed by atoms with Gasteiger partial charge in [0.25, 0.3) is 0 Å². The Hall–Kier alpha value is -1.07. The summed E-state index contributed by atoms with van der Waals surface area (Å²) in [6, 6.07) is 5.63. The quantitative estimate of drug-likeness (QED) is 0.422.